The molecule has 0 atom stereocenters. The molecule has 8 heteroatoms. The zero-order valence-electron chi connectivity index (χ0n) is 18.3. The lowest BCUT2D eigenvalue weighted by Gasteiger charge is -2.15. The summed E-state index contributed by atoms with van der Waals surface area (Å²) < 4.78 is 3.03. The normalized spacial score (nSPS) is 11.1. The largest absolute Gasteiger partial charge is 0.352 e. The maximum Gasteiger partial charge on any atom is 0.267 e. The van der Waals surface area contributed by atoms with Crippen LogP contribution >= 0.6 is 0 Å². The third-order valence-electron chi connectivity index (χ3n) is 5.67. The molecule has 34 heavy (non-hydrogen) atoms. The molecule has 0 unspecified atom stereocenters. The number of nitrogens with one attached hydrogen (secondary N) is 2. The first-order valence-corrected chi connectivity index (χ1v) is 10.9. The van der Waals surface area contributed by atoms with Crippen LogP contribution in [0.1, 0.15) is 21.5 Å². The Bertz CT molecular complexity index is 1610. The number of carbonyl (C=O) groups excluding carboxylic acids is 1. The Morgan fingerprint density at radius 2 is 1.79 bits per heavy atom. The van der Waals surface area contributed by atoms with E-state index < -0.39 is 5.91 Å². The highest BCUT2D eigenvalue weighted by atomic mass is 16.1. The summed E-state index contributed by atoms with van der Waals surface area (Å²) in [5.41, 5.74) is 2.58. The number of amides is 1. The van der Waals surface area contributed by atoms with Gasteiger partial charge in [-0.25, -0.2) is 4.98 Å². The minimum absolute atomic E-state index is 0.0132. The SMILES string of the molecule is N=c1c(C(=O)NCCc2ccccc2)cc2c(=O)n3ccccc3nc2n1Cc1cccnc1. The van der Waals surface area contributed by atoms with Crippen LogP contribution in [0.5, 0.6) is 0 Å². The summed E-state index contributed by atoms with van der Waals surface area (Å²) in [7, 11) is 0. The van der Waals surface area contributed by atoms with Crippen molar-refractivity contribution in [2.75, 3.05) is 6.54 Å². The Morgan fingerprint density at radius 1 is 1.00 bits per heavy atom. The van der Waals surface area contributed by atoms with E-state index in [2.05, 4.69) is 15.3 Å². The zero-order valence-corrected chi connectivity index (χ0v) is 18.3. The van der Waals surface area contributed by atoms with E-state index in [4.69, 9.17) is 5.41 Å². The third kappa shape index (κ3) is 4.09. The van der Waals surface area contributed by atoms with E-state index in [0.29, 0.717) is 24.3 Å². The van der Waals surface area contributed by atoms with Gasteiger partial charge in [-0.05, 0) is 41.8 Å². The quantitative estimate of drug-likeness (QED) is 0.388. The summed E-state index contributed by atoms with van der Waals surface area (Å²) >= 11 is 0. The number of nitrogens with zero attached hydrogens (tertiary/aromatic N) is 4. The molecule has 2 N–H and O–H groups in total. The van der Waals surface area contributed by atoms with Gasteiger partial charge >= 0.3 is 0 Å². The lowest BCUT2D eigenvalue weighted by molar-refractivity contribution is 0.0951. The molecular formula is C26H22N6O2. The van der Waals surface area contributed by atoms with Crippen molar-refractivity contribution in [2.45, 2.75) is 13.0 Å². The minimum atomic E-state index is -0.402. The van der Waals surface area contributed by atoms with Gasteiger partial charge in [0.05, 0.1) is 17.5 Å². The zero-order chi connectivity index (χ0) is 23.5. The average molecular weight is 451 g/mol. The molecule has 0 aliphatic carbocycles. The van der Waals surface area contributed by atoms with Crippen LogP contribution in [0, 0.1) is 5.41 Å². The van der Waals surface area contributed by atoms with Gasteiger partial charge in [0.1, 0.15) is 16.8 Å². The van der Waals surface area contributed by atoms with Crippen LogP contribution in [0.15, 0.2) is 90.1 Å². The van der Waals surface area contributed by atoms with Crippen LogP contribution in [0.2, 0.25) is 0 Å². The molecule has 0 bridgehead atoms. The Hall–Kier alpha value is -4.59. The van der Waals surface area contributed by atoms with Crippen molar-refractivity contribution >= 4 is 22.6 Å². The first-order chi connectivity index (χ1) is 16.6. The molecule has 0 fully saturated rings. The number of rotatable bonds is 6. The Balaban J connectivity index is 1.60. The molecular weight excluding hydrogens is 428 g/mol. The molecule has 5 rings (SSSR count). The molecule has 168 valence electrons. The topological polar surface area (TPSA) is 105 Å². The summed E-state index contributed by atoms with van der Waals surface area (Å²) in [4.78, 5) is 35.2. The van der Waals surface area contributed by atoms with Crippen molar-refractivity contribution in [2.24, 2.45) is 0 Å². The maximum atomic E-state index is 13.3. The van der Waals surface area contributed by atoms with E-state index in [1.807, 2.05) is 36.4 Å². The molecule has 1 amide bonds. The fourth-order valence-electron chi connectivity index (χ4n) is 3.95. The first-order valence-electron chi connectivity index (χ1n) is 10.9. The predicted octanol–water partition coefficient (Wildman–Crippen LogP) is 2.54. The summed E-state index contributed by atoms with van der Waals surface area (Å²) in [5.74, 6) is -0.402. The van der Waals surface area contributed by atoms with Crippen LogP contribution in [-0.4, -0.2) is 31.4 Å². The van der Waals surface area contributed by atoms with Gasteiger partial charge in [0.2, 0.25) is 0 Å². The summed E-state index contributed by atoms with van der Waals surface area (Å²) in [6.45, 7) is 0.668. The van der Waals surface area contributed by atoms with Crippen LogP contribution in [0.3, 0.4) is 0 Å². The summed E-state index contributed by atoms with van der Waals surface area (Å²) in [5, 5.41) is 12.0. The van der Waals surface area contributed by atoms with Crippen molar-refractivity contribution < 1.29 is 4.79 Å². The average Bonchev–Trinajstić information content (AvgIpc) is 2.87. The van der Waals surface area contributed by atoms with E-state index in [9.17, 15) is 9.59 Å². The Labute approximate surface area is 194 Å². The van der Waals surface area contributed by atoms with Crippen LogP contribution in [-0.2, 0) is 13.0 Å². The predicted molar refractivity (Wildman–Crippen MR) is 129 cm³/mol. The van der Waals surface area contributed by atoms with E-state index in [0.717, 1.165) is 11.1 Å². The van der Waals surface area contributed by atoms with E-state index >= 15 is 0 Å². The summed E-state index contributed by atoms with van der Waals surface area (Å²) in [6, 6.07) is 20.3. The maximum absolute atomic E-state index is 13.3. The van der Waals surface area contributed by atoms with Gasteiger partial charge in [-0.2, -0.15) is 0 Å². The van der Waals surface area contributed by atoms with E-state index in [1.54, 1.807) is 47.4 Å². The lowest BCUT2D eigenvalue weighted by atomic mass is 10.1. The molecule has 0 aliphatic heterocycles. The van der Waals surface area contributed by atoms with Crippen molar-refractivity contribution in [1.82, 2.24) is 24.3 Å². The number of hydrogen-bond acceptors (Lipinski definition) is 5. The molecule has 4 aromatic heterocycles. The second-order valence-electron chi connectivity index (χ2n) is 7.93. The van der Waals surface area contributed by atoms with Gasteiger partial charge in [-0.3, -0.25) is 24.4 Å². The van der Waals surface area contributed by atoms with Gasteiger partial charge in [-0.1, -0.05) is 42.5 Å². The number of fused-ring (bicyclic) bond motifs is 2. The number of pyridine rings is 3. The van der Waals surface area contributed by atoms with Gasteiger partial charge in [-0.15, -0.1) is 0 Å². The number of hydrogen-bond donors (Lipinski definition) is 2. The first kappa shape index (κ1) is 21.3. The van der Waals surface area contributed by atoms with Crippen molar-refractivity contribution in [3.8, 4) is 0 Å². The van der Waals surface area contributed by atoms with Gasteiger partial charge in [0.15, 0.2) is 0 Å². The third-order valence-corrected chi connectivity index (χ3v) is 5.67. The van der Waals surface area contributed by atoms with Crippen molar-refractivity contribution in [1.29, 1.82) is 5.41 Å². The Morgan fingerprint density at radius 3 is 2.59 bits per heavy atom. The van der Waals surface area contributed by atoms with Crippen molar-refractivity contribution in [3.63, 3.8) is 0 Å². The van der Waals surface area contributed by atoms with Gasteiger partial charge in [0.25, 0.3) is 11.5 Å². The van der Waals surface area contributed by atoms with Gasteiger partial charge in [0, 0.05) is 25.1 Å². The van der Waals surface area contributed by atoms with E-state index in [1.165, 1.54) is 10.5 Å². The second kappa shape index (κ2) is 9.11. The van der Waals surface area contributed by atoms with E-state index in [-0.39, 0.29) is 28.5 Å². The second-order valence-corrected chi connectivity index (χ2v) is 7.93. The molecule has 0 aliphatic rings. The fraction of sp³-hybridized carbons (Fsp3) is 0.115. The highest BCUT2D eigenvalue weighted by Gasteiger charge is 2.17. The smallest absolute Gasteiger partial charge is 0.267 e. The molecule has 0 spiro atoms. The highest BCUT2D eigenvalue weighted by Crippen LogP contribution is 2.12. The van der Waals surface area contributed by atoms with Crippen LogP contribution in [0.4, 0.5) is 0 Å². The lowest BCUT2D eigenvalue weighted by Crippen LogP contribution is -2.35. The molecule has 4 heterocycles. The molecule has 0 saturated carbocycles. The molecule has 8 nitrogen and oxygen atoms in total. The summed E-state index contributed by atoms with van der Waals surface area (Å²) in [6.07, 6.45) is 5.67. The molecule has 5 aromatic rings. The minimum Gasteiger partial charge on any atom is -0.352 e. The number of benzene rings is 1. The standard InChI is InChI=1S/C26H22N6O2/c27-23-20(25(33)29-13-11-18-7-2-1-3-8-18)15-21-24(32(23)17-19-9-6-12-28-16-19)30-22-10-4-5-14-31(22)26(21)34/h1-10,12,14-16,27H,11,13,17H2,(H,29,33). The highest BCUT2D eigenvalue weighted by molar-refractivity contribution is 5.96. The van der Waals surface area contributed by atoms with Gasteiger partial charge < -0.3 is 9.88 Å². The van der Waals surface area contributed by atoms with Crippen LogP contribution in [0.25, 0.3) is 16.7 Å². The molecule has 0 radical (unpaired) electrons. The van der Waals surface area contributed by atoms with Crippen molar-refractivity contribution in [3.05, 3.63) is 118 Å². The Kier molecular flexibility index (Phi) is 5.70. The number of carbonyl (C=O) groups is 1. The van der Waals surface area contributed by atoms with Crippen LogP contribution < -0.4 is 16.4 Å². The fourth-order valence-corrected chi connectivity index (χ4v) is 3.95. The monoisotopic (exact) mass is 450 g/mol. The molecule has 1 aromatic carbocycles. The molecule has 0 saturated heterocycles. The number of aromatic nitrogens is 4.